The van der Waals surface area contributed by atoms with Crippen LogP contribution in [0.25, 0.3) is 0 Å². The van der Waals surface area contributed by atoms with Gasteiger partial charge in [-0.05, 0) is 50.2 Å². The summed E-state index contributed by atoms with van der Waals surface area (Å²) in [5.41, 5.74) is 7.65. The van der Waals surface area contributed by atoms with Crippen LogP contribution in [-0.4, -0.2) is 11.5 Å². The van der Waals surface area contributed by atoms with Gasteiger partial charge in [0, 0.05) is 4.90 Å². The summed E-state index contributed by atoms with van der Waals surface area (Å²) in [7, 11) is 0. The van der Waals surface area contributed by atoms with Gasteiger partial charge >= 0.3 is 0 Å². The van der Waals surface area contributed by atoms with E-state index in [4.69, 9.17) is 21.8 Å². The summed E-state index contributed by atoms with van der Waals surface area (Å²) in [6, 6.07) is 5.83. The number of hydrogen-bond acceptors (Lipinski definition) is 4. The van der Waals surface area contributed by atoms with Crippen LogP contribution in [0.5, 0.6) is 0 Å². The molecule has 0 aliphatic rings. The molecule has 5 heteroatoms. The maximum absolute atomic E-state index is 6.23. The van der Waals surface area contributed by atoms with Crippen molar-refractivity contribution in [1.29, 1.82) is 0 Å². The van der Waals surface area contributed by atoms with Crippen molar-refractivity contribution >= 4 is 23.4 Å². The first-order valence-corrected chi connectivity index (χ1v) is 6.90. The Morgan fingerprint density at radius 2 is 2.17 bits per heavy atom. The number of rotatable bonds is 4. The maximum Gasteiger partial charge on any atom is 0.261 e. The number of oxazole rings is 1. The van der Waals surface area contributed by atoms with Crippen molar-refractivity contribution in [1.82, 2.24) is 4.98 Å². The van der Waals surface area contributed by atoms with Gasteiger partial charge in [0.15, 0.2) is 0 Å². The van der Waals surface area contributed by atoms with E-state index in [-0.39, 0.29) is 0 Å². The van der Waals surface area contributed by atoms with Gasteiger partial charge in [0.1, 0.15) is 5.76 Å². The number of hydrogen-bond donors (Lipinski definition) is 1. The number of aromatic nitrogens is 1. The Kier molecular flexibility index (Phi) is 4.32. The van der Waals surface area contributed by atoms with Gasteiger partial charge in [-0.2, -0.15) is 0 Å². The van der Waals surface area contributed by atoms with Gasteiger partial charge in [-0.15, -0.1) is 0 Å². The monoisotopic (exact) mass is 282 g/mol. The molecule has 0 amide bonds. The zero-order chi connectivity index (χ0) is 13.1. The zero-order valence-electron chi connectivity index (χ0n) is 10.4. The standard InChI is InChI=1S/C13H15ClN2OS/c1-8-9(2)17-13(16-8)18-12-10(6-7-15)4-3-5-11(12)14/h3-5H,6-7,15H2,1-2H3. The van der Waals surface area contributed by atoms with Crippen LogP contribution in [0, 0.1) is 13.8 Å². The van der Waals surface area contributed by atoms with Crippen LogP contribution in [0.2, 0.25) is 5.02 Å². The van der Waals surface area contributed by atoms with Gasteiger partial charge in [-0.25, -0.2) is 4.98 Å². The lowest BCUT2D eigenvalue weighted by atomic mass is 10.1. The fourth-order valence-corrected chi connectivity index (χ4v) is 2.89. The molecular weight excluding hydrogens is 268 g/mol. The summed E-state index contributed by atoms with van der Waals surface area (Å²) >= 11 is 7.68. The van der Waals surface area contributed by atoms with Crippen molar-refractivity contribution in [2.45, 2.75) is 30.4 Å². The molecule has 0 saturated carbocycles. The predicted molar refractivity (Wildman–Crippen MR) is 74.3 cm³/mol. The fourth-order valence-electron chi connectivity index (χ4n) is 1.59. The number of halogens is 1. The van der Waals surface area contributed by atoms with E-state index in [0.29, 0.717) is 16.8 Å². The van der Waals surface area contributed by atoms with Crippen LogP contribution in [0.3, 0.4) is 0 Å². The molecule has 96 valence electrons. The Morgan fingerprint density at radius 3 is 2.78 bits per heavy atom. The smallest absolute Gasteiger partial charge is 0.261 e. The Labute approximate surface area is 116 Å². The Morgan fingerprint density at radius 1 is 1.39 bits per heavy atom. The first kappa shape index (κ1) is 13.5. The molecule has 18 heavy (non-hydrogen) atoms. The number of benzene rings is 1. The lowest BCUT2D eigenvalue weighted by Gasteiger charge is -2.07. The largest absolute Gasteiger partial charge is 0.436 e. The minimum atomic E-state index is 0.595. The molecule has 2 aromatic rings. The van der Waals surface area contributed by atoms with E-state index in [1.807, 2.05) is 32.0 Å². The van der Waals surface area contributed by atoms with Crippen LogP contribution >= 0.6 is 23.4 Å². The van der Waals surface area contributed by atoms with E-state index in [0.717, 1.165) is 28.3 Å². The van der Waals surface area contributed by atoms with E-state index in [1.165, 1.54) is 11.8 Å². The van der Waals surface area contributed by atoms with E-state index < -0.39 is 0 Å². The summed E-state index contributed by atoms with van der Waals surface area (Å²) in [6.45, 7) is 4.42. The van der Waals surface area contributed by atoms with Crippen LogP contribution in [0.4, 0.5) is 0 Å². The minimum Gasteiger partial charge on any atom is -0.436 e. The summed E-state index contributed by atoms with van der Waals surface area (Å²) in [4.78, 5) is 5.33. The molecular formula is C13H15ClN2OS. The lowest BCUT2D eigenvalue weighted by molar-refractivity contribution is 0.431. The molecule has 0 bridgehead atoms. The van der Waals surface area contributed by atoms with Crippen molar-refractivity contribution in [3.63, 3.8) is 0 Å². The van der Waals surface area contributed by atoms with Gasteiger partial charge in [0.05, 0.1) is 10.7 Å². The molecule has 0 aliphatic heterocycles. The second kappa shape index (κ2) is 5.78. The SMILES string of the molecule is Cc1nc(Sc2c(Cl)cccc2CCN)oc1C. The number of aryl methyl sites for hydroxylation is 2. The zero-order valence-corrected chi connectivity index (χ0v) is 11.9. The van der Waals surface area contributed by atoms with Gasteiger partial charge in [0.2, 0.25) is 0 Å². The molecule has 0 fully saturated rings. The minimum absolute atomic E-state index is 0.595. The topological polar surface area (TPSA) is 52.0 Å². The molecule has 1 heterocycles. The molecule has 0 saturated heterocycles. The third-order valence-electron chi connectivity index (χ3n) is 2.66. The molecule has 0 aliphatic carbocycles. The molecule has 3 nitrogen and oxygen atoms in total. The van der Waals surface area contributed by atoms with Crippen molar-refractivity contribution in [3.05, 3.63) is 40.2 Å². The van der Waals surface area contributed by atoms with E-state index in [2.05, 4.69) is 4.98 Å². The molecule has 0 unspecified atom stereocenters. The van der Waals surface area contributed by atoms with Crippen molar-refractivity contribution in [2.75, 3.05) is 6.54 Å². The van der Waals surface area contributed by atoms with E-state index in [9.17, 15) is 0 Å². The van der Waals surface area contributed by atoms with Crippen LogP contribution in [-0.2, 0) is 6.42 Å². The number of nitrogens with two attached hydrogens (primary N) is 1. The third-order valence-corrected chi connectivity index (χ3v) is 4.12. The molecule has 0 radical (unpaired) electrons. The molecule has 0 atom stereocenters. The first-order chi connectivity index (χ1) is 8.61. The highest BCUT2D eigenvalue weighted by atomic mass is 35.5. The van der Waals surface area contributed by atoms with Gasteiger partial charge in [0.25, 0.3) is 5.22 Å². The van der Waals surface area contributed by atoms with Crippen LogP contribution in [0.15, 0.2) is 32.7 Å². The van der Waals surface area contributed by atoms with Gasteiger partial charge < -0.3 is 10.2 Å². The quantitative estimate of drug-likeness (QED) is 0.931. The highest BCUT2D eigenvalue weighted by Gasteiger charge is 2.13. The predicted octanol–water partition coefficient (Wildman–Crippen LogP) is 3.60. The van der Waals surface area contributed by atoms with Crippen LogP contribution in [0.1, 0.15) is 17.0 Å². The Hall–Kier alpha value is -0.970. The maximum atomic E-state index is 6.23. The Balaban J connectivity index is 2.32. The number of nitrogens with zero attached hydrogens (tertiary/aromatic N) is 1. The highest BCUT2D eigenvalue weighted by molar-refractivity contribution is 7.99. The molecule has 2 rings (SSSR count). The second-order valence-electron chi connectivity index (χ2n) is 3.99. The summed E-state index contributed by atoms with van der Waals surface area (Å²) in [5, 5.41) is 1.33. The van der Waals surface area contributed by atoms with Gasteiger partial charge in [-0.3, -0.25) is 0 Å². The summed E-state index contributed by atoms with van der Waals surface area (Å²) in [6.07, 6.45) is 0.793. The summed E-state index contributed by atoms with van der Waals surface area (Å²) in [5.74, 6) is 0.838. The summed E-state index contributed by atoms with van der Waals surface area (Å²) < 4.78 is 5.57. The average molecular weight is 283 g/mol. The second-order valence-corrected chi connectivity index (χ2v) is 5.36. The van der Waals surface area contributed by atoms with Crippen molar-refractivity contribution < 1.29 is 4.42 Å². The first-order valence-electron chi connectivity index (χ1n) is 5.71. The third kappa shape index (κ3) is 2.88. The molecule has 0 spiro atoms. The van der Waals surface area contributed by atoms with Crippen molar-refractivity contribution in [3.8, 4) is 0 Å². The van der Waals surface area contributed by atoms with Crippen molar-refractivity contribution in [2.24, 2.45) is 5.73 Å². The van der Waals surface area contributed by atoms with Gasteiger partial charge in [-0.1, -0.05) is 23.7 Å². The van der Waals surface area contributed by atoms with E-state index >= 15 is 0 Å². The van der Waals surface area contributed by atoms with Crippen LogP contribution < -0.4 is 5.73 Å². The fraction of sp³-hybridized carbons (Fsp3) is 0.308. The molecule has 2 N–H and O–H groups in total. The average Bonchev–Trinajstić information content (AvgIpc) is 2.63. The molecule has 1 aromatic carbocycles. The van der Waals surface area contributed by atoms with E-state index in [1.54, 1.807) is 0 Å². The normalized spacial score (nSPS) is 10.9. The lowest BCUT2D eigenvalue weighted by Crippen LogP contribution is -2.03. The molecule has 1 aromatic heterocycles. The highest BCUT2D eigenvalue weighted by Crippen LogP contribution is 2.36. The Bertz CT molecular complexity index is 534.